The lowest BCUT2D eigenvalue weighted by molar-refractivity contribution is -0.138. The van der Waals surface area contributed by atoms with Gasteiger partial charge in [-0.15, -0.1) is 0 Å². The van der Waals surface area contributed by atoms with Crippen LogP contribution in [0.2, 0.25) is 0 Å². The molecule has 0 aliphatic carbocycles. The van der Waals surface area contributed by atoms with Gasteiger partial charge < -0.3 is 10.6 Å². The van der Waals surface area contributed by atoms with Crippen LogP contribution in [0, 0.1) is 6.57 Å². The Hall–Kier alpha value is -3.56. The van der Waals surface area contributed by atoms with Crippen molar-refractivity contribution >= 4 is 28.4 Å². The second-order valence-corrected chi connectivity index (χ2v) is 6.95. The fraction of sp³-hybridized carbons (Fsp3) is 0.333. The number of alkyl halides is 6. The van der Waals surface area contributed by atoms with Crippen molar-refractivity contribution in [1.29, 1.82) is 0 Å². The minimum absolute atomic E-state index is 0.345. The van der Waals surface area contributed by atoms with Gasteiger partial charge in [0.1, 0.15) is 17.9 Å². The zero-order valence-corrected chi connectivity index (χ0v) is 16.1. The summed E-state index contributed by atoms with van der Waals surface area (Å²) >= 11 is 0. The average molecular weight is 443 g/mol. The molecule has 7 nitrogen and oxygen atoms in total. The van der Waals surface area contributed by atoms with Crippen molar-refractivity contribution in [2.75, 3.05) is 17.2 Å². The molecule has 0 saturated heterocycles. The predicted octanol–water partition coefficient (Wildman–Crippen LogP) is 5.17. The minimum Gasteiger partial charge on any atom is -0.361 e. The molecular formula is C18H15F6N7. The molecule has 3 aromatic rings. The average Bonchev–Trinajstić information content (AvgIpc) is 3.11. The Kier molecular flexibility index (Phi) is 5.43. The maximum Gasteiger partial charge on any atom is 0.421 e. The van der Waals surface area contributed by atoms with Crippen molar-refractivity contribution in [3.63, 3.8) is 0 Å². The minimum atomic E-state index is -4.95. The van der Waals surface area contributed by atoms with Crippen LogP contribution < -0.4 is 10.6 Å². The summed E-state index contributed by atoms with van der Waals surface area (Å²) in [7, 11) is 0. The summed E-state index contributed by atoms with van der Waals surface area (Å²) in [4.78, 5) is 10.7. The van der Waals surface area contributed by atoms with Crippen LogP contribution in [0.25, 0.3) is 15.7 Å². The summed E-state index contributed by atoms with van der Waals surface area (Å²) in [6.45, 7) is 8.94. The second-order valence-electron chi connectivity index (χ2n) is 6.95. The van der Waals surface area contributed by atoms with Crippen LogP contribution >= 0.6 is 0 Å². The van der Waals surface area contributed by atoms with E-state index in [4.69, 9.17) is 6.57 Å². The van der Waals surface area contributed by atoms with Crippen LogP contribution in [0.15, 0.2) is 30.6 Å². The van der Waals surface area contributed by atoms with E-state index in [0.29, 0.717) is 22.8 Å². The number of halogens is 6. The fourth-order valence-corrected chi connectivity index (χ4v) is 2.73. The maximum absolute atomic E-state index is 13.1. The Bertz CT molecular complexity index is 1140. The van der Waals surface area contributed by atoms with Crippen molar-refractivity contribution < 1.29 is 26.3 Å². The third kappa shape index (κ3) is 4.79. The van der Waals surface area contributed by atoms with Gasteiger partial charge in [0.2, 0.25) is 5.95 Å². The van der Waals surface area contributed by atoms with Gasteiger partial charge in [-0.25, -0.2) is 11.6 Å². The first-order valence-electron chi connectivity index (χ1n) is 8.69. The topological polar surface area (TPSA) is 72.0 Å². The summed E-state index contributed by atoms with van der Waals surface area (Å²) in [6.07, 6.45) is -7.83. The highest BCUT2D eigenvalue weighted by Crippen LogP contribution is 2.35. The number of anilines is 3. The van der Waals surface area contributed by atoms with E-state index >= 15 is 0 Å². The van der Waals surface area contributed by atoms with E-state index in [9.17, 15) is 26.3 Å². The Balaban J connectivity index is 1.99. The second kappa shape index (κ2) is 7.60. The molecule has 0 aliphatic rings. The molecular weight excluding hydrogens is 428 g/mol. The molecule has 0 atom stereocenters. The van der Waals surface area contributed by atoms with Crippen LogP contribution in [-0.2, 0) is 11.8 Å². The van der Waals surface area contributed by atoms with Gasteiger partial charge in [-0.1, -0.05) is 6.07 Å². The molecule has 0 amide bonds. The van der Waals surface area contributed by atoms with Gasteiger partial charge in [0, 0.05) is 25.4 Å². The van der Waals surface area contributed by atoms with Crippen LogP contribution in [0.3, 0.4) is 0 Å². The van der Waals surface area contributed by atoms with Crippen LogP contribution in [0.4, 0.5) is 43.8 Å². The van der Waals surface area contributed by atoms with E-state index in [1.807, 2.05) is 0 Å². The highest BCUT2D eigenvalue weighted by atomic mass is 19.4. The largest absolute Gasteiger partial charge is 0.421 e. The van der Waals surface area contributed by atoms with Gasteiger partial charge in [-0.2, -0.15) is 41.1 Å². The van der Waals surface area contributed by atoms with Gasteiger partial charge in [0.25, 0.3) is 0 Å². The van der Waals surface area contributed by atoms with E-state index in [1.54, 1.807) is 37.4 Å². The molecule has 13 heteroatoms. The molecule has 0 bridgehead atoms. The summed E-state index contributed by atoms with van der Waals surface area (Å²) in [5.41, 5.74) is -1.49. The Labute approximate surface area is 171 Å². The molecule has 0 saturated carbocycles. The van der Waals surface area contributed by atoms with Gasteiger partial charge in [0.05, 0.1) is 17.4 Å². The smallest absolute Gasteiger partial charge is 0.361 e. The molecule has 0 aliphatic heterocycles. The number of rotatable bonds is 5. The zero-order chi connectivity index (χ0) is 23.0. The van der Waals surface area contributed by atoms with Crippen LogP contribution in [0.5, 0.6) is 0 Å². The summed E-state index contributed by atoms with van der Waals surface area (Å²) in [6, 6.07) is 4.89. The van der Waals surface area contributed by atoms with Crippen molar-refractivity contribution in [2.24, 2.45) is 0 Å². The van der Waals surface area contributed by atoms with Crippen molar-refractivity contribution in [2.45, 2.75) is 31.9 Å². The first kappa shape index (κ1) is 22.1. The van der Waals surface area contributed by atoms with Crippen LogP contribution in [-0.4, -0.2) is 32.5 Å². The standard InChI is InChI=1S/C18H15F6N7/c1-16(2,25-3)31-13-6-4-5-12(10(13)7-28-31)29-15-26-8-11(18(22,23)24)14(30-15)27-9-17(19,20)21/h4-8H,9H2,1-2H3,(H2,26,27,29,30). The van der Waals surface area contributed by atoms with E-state index in [0.717, 1.165) is 0 Å². The fourth-order valence-electron chi connectivity index (χ4n) is 2.73. The number of nitrogens with one attached hydrogen (secondary N) is 2. The number of fused-ring (bicyclic) bond motifs is 1. The lowest BCUT2D eigenvalue weighted by Crippen LogP contribution is -2.24. The highest BCUT2D eigenvalue weighted by Gasteiger charge is 2.37. The first-order valence-corrected chi connectivity index (χ1v) is 8.69. The molecule has 31 heavy (non-hydrogen) atoms. The Morgan fingerprint density at radius 1 is 1.10 bits per heavy atom. The summed E-state index contributed by atoms with van der Waals surface area (Å²) in [5.74, 6) is -1.35. The number of aromatic nitrogens is 4. The lowest BCUT2D eigenvalue weighted by atomic mass is 10.2. The van der Waals surface area contributed by atoms with Crippen molar-refractivity contribution in [1.82, 2.24) is 19.7 Å². The quantitative estimate of drug-likeness (QED) is 0.420. The molecule has 2 aromatic heterocycles. The predicted molar refractivity (Wildman–Crippen MR) is 101 cm³/mol. The Morgan fingerprint density at radius 2 is 1.81 bits per heavy atom. The monoisotopic (exact) mass is 443 g/mol. The third-order valence-corrected chi connectivity index (χ3v) is 4.20. The number of hydrogen-bond donors (Lipinski definition) is 2. The number of hydrogen-bond acceptors (Lipinski definition) is 5. The first-order chi connectivity index (χ1) is 14.3. The molecule has 3 rings (SSSR count). The van der Waals surface area contributed by atoms with Gasteiger partial charge in [-0.05, 0) is 12.1 Å². The van der Waals surface area contributed by atoms with E-state index in [-0.39, 0.29) is 5.95 Å². The summed E-state index contributed by atoms with van der Waals surface area (Å²) < 4.78 is 78.3. The zero-order valence-electron chi connectivity index (χ0n) is 16.1. The number of nitrogens with zero attached hydrogens (tertiary/aromatic N) is 5. The number of benzene rings is 1. The third-order valence-electron chi connectivity index (χ3n) is 4.20. The molecule has 2 heterocycles. The normalized spacial score (nSPS) is 12.6. The van der Waals surface area contributed by atoms with E-state index in [2.05, 4.69) is 25.2 Å². The Morgan fingerprint density at radius 3 is 2.42 bits per heavy atom. The van der Waals surface area contributed by atoms with Gasteiger partial charge in [0.15, 0.2) is 0 Å². The molecule has 1 aromatic carbocycles. The lowest BCUT2D eigenvalue weighted by Gasteiger charge is -2.16. The molecule has 0 fully saturated rings. The summed E-state index contributed by atoms with van der Waals surface area (Å²) in [5, 5.41) is 9.09. The SMILES string of the molecule is [C-]#[N+]C(C)(C)n1ncc2c(Nc3ncc(C(F)(F)F)c(NCC(F)(F)F)n3)cccc21. The maximum atomic E-state index is 13.1. The molecule has 0 radical (unpaired) electrons. The molecule has 0 spiro atoms. The van der Waals surface area contributed by atoms with Gasteiger partial charge >= 0.3 is 18.0 Å². The van der Waals surface area contributed by atoms with Crippen LogP contribution in [0.1, 0.15) is 19.4 Å². The van der Waals surface area contributed by atoms with E-state index in [1.165, 1.54) is 10.9 Å². The van der Waals surface area contributed by atoms with E-state index < -0.39 is 35.9 Å². The molecule has 164 valence electrons. The highest BCUT2D eigenvalue weighted by molar-refractivity contribution is 5.92. The van der Waals surface area contributed by atoms with Crippen molar-refractivity contribution in [3.8, 4) is 0 Å². The van der Waals surface area contributed by atoms with Gasteiger partial charge in [-0.3, -0.25) is 4.85 Å². The molecule has 0 unspecified atom stereocenters. The van der Waals surface area contributed by atoms with Crippen molar-refractivity contribution in [3.05, 3.63) is 47.6 Å². The molecule has 2 N–H and O–H groups in total.